The average molecular weight is 162 g/mol. The second-order valence-corrected chi connectivity index (χ2v) is 4.32. The lowest BCUT2D eigenvalue weighted by molar-refractivity contribution is 0.0211. The van der Waals surface area contributed by atoms with Gasteiger partial charge in [-0.3, -0.25) is 0 Å². The van der Waals surface area contributed by atoms with Crippen LogP contribution in [0.1, 0.15) is 33.1 Å². The highest BCUT2D eigenvalue weighted by atomic mass is 35.5. The van der Waals surface area contributed by atoms with Crippen LogP contribution in [0.2, 0.25) is 0 Å². The second kappa shape index (κ2) is 1.89. The van der Waals surface area contributed by atoms with Gasteiger partial charge in [0.1, 0.15) is 0 Å². The van der Waals surface area contributed by atoms with Crippen molar-refractivity contribution in [3.05, 3.63) is 0 Å². The summed E-state index contributed by atoms with van der Waals surface area (Å²) >= 11 is 0. The smallest absolute Gasteiger partial charge is 0.0211 e. The molecule has 2 bridgehead atoms. The van der Waals surface area contributed by atoms with E-state index in [4.69, 9.17) is 5.73 Å². The van der Waals surface area contributed by atoms with Crippen LogP contribution in [-0.2, 0) is 0 Å². The van der Waals surface area contributed by atoms with Crippen LogP contribution in [0.15, 0.2) is 0 Å². The van der Waals surface area contributed by atoms with Gasteiger partial charge in [-0.05, 0) is 30.6 Å². The highest BCUT2D eigenvalue weighted by molar-refractivity contribution is 5.85. The Bertz CT molecular complexity index is 149. The Balaban J connectivity index is 0.000000500. The van der Waals surface area contributed by atoms with E-state index in [0.717, 1.165) is 5.92 Å². The molecule has 2 N–H and O–H groups in total. The van der Waals surface area contributed by atoms with Crippen molar-refractivity contribution < 1.29 is 0 Å². The van der Waals surface area contributed by atoms with Gasteiger partial charge in [-0.2, -0.15) is 0 Å². The molecule has 2 atom stereocenters. The Morgan fingerprint density at radius 2 is 2.00 bits per heavy atom. The Labute approximate surface area is 68.8 Å². The molecule has 0 aromatic rings. The normalized spacial score (nSPS) is 47.7. The molecule has 60 valence electrons. The van der Waals surface area contributed by atoms with Crippen molar-refractivity contribution in [2.24, 2.45) is 17.1 Å². The van der Waals surface area contributed by atoms with Gasteiger partial charge in [-0.15, -0.1) is 12.4 Å². The number of hydrogen-bond acceptors (Lipinski definition) is 1. The first-order valence-corrected chi connectivity index (χ1v) is 3.85. The molecule has 3 aliphatic rings. The highest BCUT2D eigenvalue weighted by Crippen LogP contribution is 2.63. The first-order valence-electron chi connectivity index (χ1n) is 3.85. The van der Waals surface area contributed by atoms with Crippen molar-refractivity contribution in [3.8, 4) is 0 Å². The second-order valence-electron chi connectivity index (χ2n) is 4.32. The molecule has 0 aliphatic heterocycles. The van der Waals surface area contributed by atoms with Crippen molar-refractivity contribution in [1.82, 2.24) is 0 Å². The summed E-state index contributed by atoms with van der Waals surface area (Å²) in [5.41, 5.74) is 6.82. The summed E-state index contributed by atoms with van der Waals surface area (Å²) in [7, 11) is 0. The first kappa shape index (κ1) is 8.35. The predicted octanol–water partition coefficient (Wildman–Crippen LogP) is 1.95. The summed E-state index contributed by atoms with van der Waals surface area (Å²) in [6.45, 7) is 4.63. The van der Waals surface area contributed by atoms with E-state index in [2.05, 4.69) is 13.8 Å². The van der Waals surface area contributed by atoms with Crippen LogP contribution < -0.4 is 5.73 Å². The van der Waals surface area contributed by atoms with Crippen LogP contribution >= 0.6 is 12.4 Å². The molecule has 3 fully saturated rings. The lowest BCUT2D eigenvalue weighted by Gasteiger charge is -2.52. The Hall–Kier alpha value is 0.250. The summed E-state index contributed by atoms with van der Waals surface area (Å²) in [6, 6.07) is 0. The number of rotatable bonds is 0. The zero-order chi connectivity index (χ0) is 6.70. The standard InChI is InChI=1S/C8H15N.ClH/c1-7(2)6-3-4-8(7,9)5-6;/h6H,3-5,9H2,1-2H3;1H. The van der Waals surface area contributed by atoms with Crippen LogP contribution in [0.3, 0.4) is 0 Å². The van der Waals surface area contributed by atoms with Gasteiger partial charge >= 0.3 is 0 Å². The minimum absolute atomic E-state index is 0. The quantitative estimate of drug-likeness (QED) is 0.578. The largest absolute Gasteiger partial charge is 0.325 e. The minimum atomic E-state index is 0. The van der Waals surface area contributed by atoms with Crippen molar-refractivity contribution in [2.45, 2.75) is 38.6 Å². The third-order valence-electron chi connectivity index (χ3n) is 3.85. The highest BCUT2D eigenvalue weighted by Gasteiger charge is 2.62. The molecule has 3 aliphatic carbocycles. The van der Waals surface area contributed by atoms with Gasteiger partial charge in [0.25, 0.3) is 0 Å². The maximum atomic E-state index is 6.12. The fraction of sp³-hybridized carbons (Fsp3) is 1.00. The molecule has 1 nitrogen and oxygen atoms in total. The van der Waals surface area contributed by atoms with Gasteiger partial charge in [-0.1, -0.05) is 13.8 Å². The molecule has 3 rings (SSSR count). The zero-order valence-electron chi connectivity index (χ0n) is 6.68. The van der Waals surface area contributed by atoms with Crippen LogP contribution in [0, 0.1) is 11.3 Å². The SMILES string of the molecule is CC1(C)C2CCC1(N)C2.Cl. The van der Waals surface area contributed by atoms with Crippen LogP contribution in [0.4, 0.5) is 0 Å². The fourth-order valence-electron chi connectivity index (χ4n) is 2.55. The summed E-state index contributed by atoms with van der Waals surface area (Å²) in [5, 5.41) is 0. The molecule has 2 heteroatoms. The van der Waals surface area contributed by atoms with Crippen LogP contribution in [-0.4, -0.2) is 5.54 Å². The maximum Gasteiger partial charge on any atom is 0.0211 e. The Kier molecular flexibility index (Phi) is 1.58. The van der Waals surface area contributed by atoms with E-state index in [1.165, 1.54) is 19.3 Å². The summed E-state index contributed by atoms with van der Waals surface area (Å²) in [6.07, 6.45) is 3.94. The lowest BCUT2D eigenvalue weighted by atomic mass is 9.56. The molecule has 0 spiro atoms. The van der Waals surface area contributed by atoms with Crippen molar-refractivity contribution >= 4 is 12.4 Å². The third kappa shape index (κ3) is 0.629. The molecule has 0 amide bonds. The Morgan fingerprint density at radius 1 is 1.40 bits per heavy atom. The van der Waals surface area contributed by atoms with Crippen molar-refractivity contribution in [3.63, 3.8) is 0 Å². The minimum Gasteiger partial charge on any atom is -0.325 e. The molecular formula is C8H16ClN. The maximum absolute atomic E-state index is 6.12. The Morgan fingerprint density at radius 3 is 2.10 bits per heavy atom. The monoisotopic (exact) mass is 161 g/mol. The van der Waals surface area contributed by atoms with Crippen LogP contribution in [0.25, 0.3) is 0 Å². The molecule has 0 aromatic heterocycles. The molecule has 0 saturated heterocycles. The number of nitrogens with two attached hydrogens (primary N) is 1. The predicted molar refractivity (Wildman–Crippen MR) is 45.3 cm³/mol. The fourth-order valence-corrected chi connectivity index (χ4v) is 2.55. The van der Waals surface area contributed by atoms with Crippen molar-refractivity contribution in [1.29, 1.82) is 0 Å². The number of fused-ring (bicyclic) bond motifs is 1. The van der Waals surface area contributed by atoms with E-state index < -0.39 is 0 Å². The van der Waals surface area contributed by atoms with E-state index in [1.54, 1.807) is 0 Å². The number of hydrogen-bond donors (Lipinski definition) is 1. The van der Waals surface area contributed by atoms with E-state index in [0.29, 0.717) is 5.41 Å². The molecule has 3 saturated carbocycles. The van der Waals surface area contributed by atoms with Gasteiger partial charge in [-0.25, -0.2) is 0 Å². The van der Waals surface area contributed by atoms with Gasteiger partial charge in [0.2, 0.25) is 0 Å². The van der Waals surface area contributed by atoms with E-state index >= 15 is 0 Å². The topological polar surface area (TPSA) is 26.0 Å². The molecule has 0 heterocycles. The summed E-state index contributed by atoms with van der Waals surface area (Å²) in [5.74, 6) is 0.947. The zero-order valence-corrected chi connectivity index (χ0v) is 7.50. The van der Waals surface area contributed by atoms with Crippen molar-refractivity contribution in [2.75, 3.05) is 0 Å². The van der Waals surface area contributed by atoms with E-state index in [9.17, 15) is 0 Å². The molecule has 0 radical (unpaired) electrons. The van der Waals surface area contributed by atoms with Crippen LogP contribution in [0.5, 0.6) is 0 Å². The third-order valence-corrected chi connectivity index (χ3v) is 3.85. The van der Waals surface area contributed by atoms with E-state index in [-0.39, 0.29) is 17.9 Å². The molecule has 0 aromatic carbocycles. The van der Waals surface area contributed by atoms with Gasteiger partial charge in [0.05, 0.1) is 0 Å². The molecular weight excluding hydrogens is 146 g/mol. The van der Waals surface area contributed by atoms with Gasteiger partial charge in [0, 0.05) is 5.54 Å². The first-order chi connectivity index (χ1) is 4.06. The lowest BCUT2D eigenvalue weighted by Crippen LogP contribution is -2.60. The molecule has 2 unspecified atom stereocenters. The average Bonchev–Trinajstić information content (AvgIpc) is 2.21. The van der Waals surface area contributed by atoms with Gasteiger partial charge in [0.15, 0.2) is 0 Å². The molecule has 10 heavy (non-hydrogen) atoms. The summed E-state index contributed by atoms with van der Waals surface area (Å²) in [4.78, 5) is 0. The van der Waals surface area contributed by atoms with Gasteiger partial charge < -0.3 is 5.73 Å². The summed E-state index contributed by atoms with van der Waals surface area (Å²) < 4.78 is 0. The number of halogens is 1. The van der Waals surface area contributed by atoms with E-state index in [1.807, 2.05) is 0 Å².